The molecule has 1 aromatic heterocycles. The van der Waals surface area contributed by atoms with Crippen molar-refractivity contribution < 1.29 is 29.0 Å². The second kappa shape index (κ2) is 10.9. The van der Waals surface area contributed by atoms with E-state index < -0.39 is 29.7 Å². The molecule has 1 aliphatic rings. The van der Waals surface area contributed by atoms with Crippen LogP contribution in [0.3, 0.4) is 0 Å². The number of carbonyl (C=O) groups is 3. The van der Waals surface area contributed by atoms with Gasteiger partial charge in [0.25, 0.3) is 0 Å². The van der Waals surface area contributed by atoms with Gasteiger partial charge in [-0.25, -0.2) is 9.59 Å². The third kappa shape index (κ3) is 5.57. The van der Waals surface area contributed by atoms with Crippen molar-refractivity contribution in [2.24, 2.45) is 5.92 Å². The number of hydrogen-bond acceptors (Lipinski definition) is 5. The third-order valence-electron chi connectivity index (χ3n) is 7.04. The number of carboxylic acids is 1. The zero-order valence-electron chi connectivity index (χ0n) is 22.7. The predicted octanol–water partition coefficient (Wildman–Crippen LogP) is 6.21. The number of ether oxygens (including phenoxy) is 2. The number of carbonyl (C=O) groups excluding carboxylic acids is 2. The quantitative estimate of drug-likeness (QED) is 0.289. The molecular formula is C32H32N2O6. The molecule has 3 aromatic carbocycles. The summed E-state index contributed by atoms with van der Waals surface area (Å²) in [5.74, 6) is -2.08. The molecule has 8 nitrogen and oxygen atoms in total. The van der Waals surface area contributed by atoms with Gasteiger partial charge in [-0.05, 0) is 61.1 Å². The smallest absolute Gasteiger partial charge is 0.419 e. The van der Waals surface area contributed by atoms with Gasteiger partial charge in [0.05, 0.1) is 11.4 Å². The molecule has 0 aliphatic heterocycles. The van der Waals surface area contributed by atoms with Crippen molar-refractivity contribution in [3.63, 3.8) is 0 Å². The topological polar surface area (TPSA) is 107 Å². The lowest BCUT2D eigenvalue weighted by molar-refractivity contribution is -0.141. The summed E-state index contributed by atoms with van der Waals surface area (Å²) < 4.78 is 12.5. The van der Waals surface area contributed by atoms with Crippen molar-refractivity contribution in [2.45, 2.75) is 38.7 Å². The van der Waals surface area contributed by atoms with Crippen LogP contribution in [0.25, 0.3) is 22.0 Å². The van der Waals surface area contributed by atoms with E-state index in [0.29, 0.717) is 11.1 Å². The van der Waals surface area contributed by atoms with E-state index in [9.17, 15) is 19.5 Å². The minimum atomic E-state index is -1.06. The number of fused-ring (bicyclic) bond motifs is 4. The molecular weight excluding hydrogens is 508 g/mol. The van der Waals surface area contributed by atoms with Gasteiger partial charge in [0.2, 0.25) is 0 Å². The summed E-state index contributed by atoms with van der Waals surface area (Å²) in [5, 5.41) is 13.3. The first-order valence-electron chi connectivity index (χ1n) is 13.3. The van der Waals surface area contributed by atoms with E-state index in [2.05, 4.69) is 17.4 Å². The zero-order chi connectivity index (χ0) is 28.4. The second-order valence-electron chi connectivity index (χ2n) is 11.0. The van der Waals surface area contributed by atoms with Gasteiger partial charge in [0.1, 0.15) is 12.2 Å². The fourth-order valence-corrected chi connectivity index (χ4v) is 5.24. The number of para-hydroxylation sites is 1. The number of aliphatic carboxylic acids is 1. The van der Waals surface area contributed by atoms with Crippen LogP contribution in [0.4, 0.5) is 9.59 Å². The van der Waals surface area contributed by atoms with E-state index >= 15 is 0 Å². The lowest BCUT2D eigenvalue weighted by atomic mass is 9.98. The number of nitrogens with one attached hydrogen (secondary N) is 1. The Hall–Kier alpha value is -4.59. The minimum absolute atomic E-state index is 0.0904. The summed E-state index contributed by atoms with van der Waals surface area (Å²) in [5.41, 5.74) is 5.07. The average Bonchev–Trinajstić information content (AvgIpc) is 3.44. The van der Waals surface area contributed by atoms with Crippen molar-refractivity contribution in [1.82, 2.24) is 9.88 Å². The van der Waals surface area contributed by atoms with Crippen LogP contribution in [0, 0.1) is 5.92 Å². The second-order valence-corrected chi connectivity index (χ2v) is 11.0. The summed E-state index contributed by atoms with van der Waals surface area (Å²) >= 11 is 0. The molecule has 0 saturated carbocycles. The SMILES string of the molecule is CC(C)(C)OC(=O)n1cc(CC(CNC(=O)OCC2c3ccccc3-c3ccccc32)C(=O)O)c2ccccc21. The first kappa shape index (κ1) is 27.0. The number of benzene rings is 3. The fourth-order valence-electron chi connectivity index (χ4n) is 5.24. The minimum Gasteiger partial charge on any atom is -0.481 e. The highest BCUT2D eigenvalue weighted by Gasteiger charge is 2.29. The molecule has 1 aliphatic carbocycles. The van der Waals surface area contributed by atoms with Crippen LogP contribution in [0.5, 0.6) is 0 Å². The average molecular weight is 541 g/mol. The van der Waals surface area contributed by atoms with Crippen molar-refractivity contribution in [2.75, 3.05) is 13.2 Å². The van der Waals surface area contributed by atoms with Crippen molar-refractivity contribution in [3.05, 3.63) is 95.7 Å². The summed E-state index contributed by atoms with van der Waals surface area (Å²) in [7, 11) is 0. The molecule has 0 bridgehead atoms. The molecule has 1 amide bonds. The molecule has 0 spiro atoms. The maximum atomic E-state index is 12.8. The largest absolute Gasteiger partial charge is 0.481 e. The predicted molar refractivity (Wildman–Crippen MR) is 151 cm³/mol. The van der Waals surface area contributed by atoms with Gasteiger partial charge >= 0.3 is 18.2 Å². The number of nitrogens with zero attached hydrogens (tertiary/aromatic N) is 1. The Morgan fingerprint density at radius 2 is 1.52 bits per heavy atom. The zero-order valence-corrected chi connectivity index (χ0v) is 22.7. The van der Waals surface area contributed by atoms with Gasteiger partial charge in [-0.1, -0.05) is 66.7 Å². The van der Waals surface area contributed by atoms with E-state index in [-0.39, 0.29) is 25.5 Å². The highest BCUT2D eigenvalue weighted by molar-refractivity contribution is 5.92. The number of hydrogen-bond donors (Lipinski definition) is 2. The molecule has 4 aromatic rings. The molecule has 0 fully saturated rings. The van der Waals surface area contributed by atoms with E-state index in [1.807, 2.05) is 48.5 Å². The van der Waals surface area contributed by atoms with Crippen LogP contribution in [0.1, 0.15) is 43.4 Å². The van der Waals surface area contributed by atoms with Gasteiger partial charge < -0.3 is 19.9 Å². The normalized spacial score (nSPS) is 13.4. The molecule has 1 atom stereocenters. The Morgan fingerprint density at radius 3 is 2.15 bits per heavy atom. The van der Waals surface area contributed by atoms with E-state index in [1.54, 1.807) is 39.1 Å². The Morgan fingerprint density at radius 1 is 0.925 bits per heavy atom. The highest BCUT2D eigenvalue weighted by Crippen LogP contribution is 2.44. The first-order chi connectivity index (χ1) is 19.1. The van der Waals surface area contributed by atoms with E-state index in [1.165, 1.54) is 4.57 Å². The lowest BCUT2D eigenvalue weighted by Gasteiger charge is -2.19. The maximum absolute atomic E-state index is 12.8. The molecule has 206 valence electrons. The van der Waals surface area contributed by atoms with Crippen LogP contribution in [0.2, 0.25) is 0 Å². The van der Waals surface area contributed by atoms with Gasteiger partial charge in [-0.3, -0.25) is 9.36 Å². The molecule has 1 heterocycles. The summed E-state index contributed by atoms with van der Waals surface area (Å²) in [4.78, 5) is 37.6. The first-order valence-corrected chi connectivity index (χ1v) is 13.3. The molecule has 1 unspecified atom stereocenters. The Labute approximate surface area is 232 Å². The van der Waals surface area contributed by atoms with E-state index in [4.69, 9.17) is 9.47 Å². The van der Waals surface area contributed by atoms with Gasteiger partial charge in [-0.15, -0.1) is 0 Å². The highest BCUT2D eigenvalue weighted by atomic mass is 16.6. The summed E-state index contributed by atoms with van der Waals surface area (Å²) in [6, 6.07) is 23.4. The number of alkyl carbamates (subject to hydrolysis) is 1. The van der Waals surface area contributed by atoms with Crippen molar-refractivity contribution in [1.29, 1.82) is 0 Å². The Balaban J connectivity index is 1.25. The number of carboxylic acid groups (broad SMARTS) is 1. The monoisotopic (exact) mass is 540 g/mol. The molecule has 8 heteroatoms. The Kier molecular flexibility index (Phi) is 7.34. The Bertz CT molecular complexity index is 1540. The molecule has 40 heavy (non-hydrogen) atoms. The maximum Gasteiger partial charge on any atom is 0.419 e. The van der Waals surface area contributed by atoms with Crippen LogP contribution in [-0.2, 0) is 20.7 Å². The number of amides is 1. The summed E-state index contributed by atoms with van der Waals surface area (Å²) in [6.07, 6.45) is 0.500. The van der Waals surface area contributed by atoms with Gasteiger partial charge in [0, 0.05) is 24.0 Å². The van der Waals surface area contributed by atoms with Crippen LogP contribution < -0.4 is 5.32 Å². The van der Waals surface area contributed by atoms with Crippen LogP contribution in [0.15, 0.2) is 79.0 Å². The molecule has 5 rings (SSSR count). The van der Waals surface area contributed by atoms with Gasteiger partial charge in [0.15, 0.2) is 0 Å². The third-order valence-corrected chi connectivity index (χ3v) is 7.04. The summed E-state index contributed by atoms with van der Waals surface area (Å²) in [6.45, 7) is 5.37. The molecule has 0 saturated heterocycles. The molecule has 2 N–H and O–H groups in total. The van der Waals surface area contributed by atoms with Crippen LogP contribution >= 0.6 is 0 Å². The van der Waals surface area contributed by atoms with Crippen molar-refractivity contribution in [3.8, 4) is 11.1 Å². The molecule has 0 radical (unpaired) electrons. The lowest BCUT2D eigenvalue weighted by Crippen LogP contribution is -2.35. The van der Waals surface area contributed by atoms with E-state index in [0.717, 1.165) is 27.6 Å². The van der Waals surface area contributed by atoms with Crippen molar-refractivity contribution >= 4 is 29.1 Å². The number of rotatable bonds is 7. The fraction of sp³-hybridized carbons (Fsp3) is 0.281. The number of aromatic nitrogens is 1. The standard InChI is InChI=1S/C32H32N2O6/c1-32(2,3)40-31(38)34-18-21(22-10-8-9-15-28(22)34)16-20(29(35)36)17-33-30(37)39-19-27-25-13-6-4-11-23(25)24-12-5-7-14-26(24)27/h4-15,18,20,27H,16-17,19H2,1-3H3,(H,33,37)(H,35,36). The van der Waals surface area contributed by atoms with Crippen LogP contribution in [-0.4, -0.2) is 46.6 Å². The van der Waals surface area contributed by atoms with Gasteiger partial charge in [-0.2, -0.15) is 0 Å².